The highest BCUT2D eigenvalue weighted by Gasteiger charge is 2.33. The largest absolute Gasteiger partial charge is 0.261 e. The normalized spacial score (nSPS) is 17.2. The summed E-state index contributed by atoms with van der Waals surface area (Å²) in [5.41, 5.74) is 5.63. The van der Waals surface area contributed by atoms with Crippen molar-refractivity contribution < 1.29 is 4.39 Å². The van der Waals surface area contributed by atoms with E-state index in [9.17, 15) is 4.39 Å². The first kappa shape index (κ1) is 19.0. The van der Waals surface area contributed by atoms with Crippen molar-refractivity contribution in [3.8, 4) is 0 Å². The van der Waals surface area contributed by atoms with Crippen molar-refractivity contribution in [1.82, 2.24) is 9.97 Å². The molecule has 3 aromatic rings. The van der Waals surface area contributed by atoms with Gasteiger partial charge in [-0.2, -0.15) is 5.10 Å². The summed E-state index contributed by atoms with van der Waals surface area (Å²) in [5.74, 6) is 1.16. The molecule has 2 aromatic heterocycles. The summed E-state index contributed by atoms with van der Waals surface area (Å²) < 4.78 is 13.0. The van der Waals surface area contributed by atoms with Gasteiger partial charge in [0.25, 0.3) is 0 Å². The van der Waals surface area contributed by atoms with Crippen LogP contribution in [0.1, 0.15) is 49.6 Å². The maximum absolute atomic E-state index is 13.0. The summed E-state index contributed by atoms with van der Waals surface area (Å²) in [6, 6.07) is 6.24. The Morgan fingerprint density at radius 1 is 1.29 bits per heavy atom. The quantitative estimate of drug-likeness (QED) is 0.437. The lowest BCUT2D eigenvalue weighted by Gasteiger charge is -2.36. The standard InChI is InChI=1S/C22H25FN4S/c1-4-22(2,3)15-7-10-18-17(11-15)19-20(24-13-25-21(19)28-18)27-26-12-14-5-8-16(23)9-6-14/h5-6,8-9,12-13,15H,4,7,10-11H2,1-3H3,(H,24,25,27)/b26-12+. The van der Waals surface area contributed by atoms with E-state index in [1.807, 2.05) is 0 Å². The van der Waals surface area contributed by atoms with Gasteiger partial charge in [0, 0.05) is 4.88 Å². The first-order chi connectivity index (χ1) is 13.5. The molecule has 0 bridgehead atoms. The first-order valence-electron chi connectivity index (χ1n) is 9.78. The number of hydrogen-bond acceptors (Lipinski definition) is 5. The van der Waals surface area contributed by atoms with Gasteiger partial charge in [-0.3, -0.25) is 5.43 Å². The third-order valence-corrected chi connectivity index (χ3v) is 7.31. The molecule has 1 aliphatic rings. The fourth-order valence-electron chi connectivity index (χ4n) is 3.87. The van der Waals surface area contributed by atoms with Crippen LogP contribution in [0, 0.1) is 17.2 Å². The van der Waals surface area contributed by atoms with Crippen molar-refractivity contribution in [2.75, 3.05) is 5.43 Å². The van der Waals surface area contributed by atoms with Gasteiger partial charge in [-0.15, -0.1) is 11.3 Å². The zero-order valence-electron chi connectivity index (χ0n) is 16.5. The Morgan fingerprint density at radius 3 is 2.82 bits per heavy atom. The minimum Gasteiger partial charge on any atom is -0.261 e. The zero-order valence-corrected chi connectivity index (χ0v) is 17.3. The summed E-state index contributed by atoms with van der Waals surface area (Å²) in [5, 5.41) is 5.43. The van der Waals surface area contributed by atoms with E-state index in [0.29, 0.717) is 11.3 Å². The third kappa shape index (κ3) is 3.65. The number of nitrogens with zero attached hydrogens (tertiary/aromatic N) is 3. The van der Waals surface area contributed by atoms with E-state index in [0.717, 1.165) is 34.4 Å². The van der Waals surface area contributed by atoms with Gasteiger partial charge >= 0.3 is 0 Å². The molecule has 1 atom stereocenters. The van der Waals surface area contributed by atoms with Crippen molar-refractivity contribution in [2.24, 2.45) is 16.4 Å². The van der Waals surface area contributed by atoms with E-state index in [4.69, 9.17) is 0 Å². The molecular weight excluding hydrogens is 371 g/mol. The fraction of sp³-hybridized carbons (Fsp3) is 0.409. The smallest absolute Gasteiger partial charge is 0.158 e. The van der Waals surface area contributed by atoms with E-state index in [1.54, 1.807) is 36.0 Å². The molecule has 28 heavy (non-hydrogen) atoms. The number of aryl methyl sites for hydroxylation is 1. The topological polar surface area (TPSA) is 50.2 Å². The maximum Gasteiger partial charge on any atom is 0.158 e. The van der Waals surface area contributed by atoms with Crippen LogP contribution >= 0.6 is 11.3 Å². The van der Waals surface area contributed by atoms with Crippen LogP contribution in [0.2, 0.25) is 0 Å². The molecule has 0 saturated heterocycles. The minimum atomic E-state index is -0.253. The minimum absolute atomic E-state index is 0.253. The molecule has 1 unspecified atom stereocenters. The van der Waals surface area contributed by atoms with Crippen LogP contribution in [0.3, 0.4) is 0 Å². The van der Waals surface area contributed by atoms with E-state index in [2.05, 4.69) is 41.3 Å². The van der Waals surface area contributed by atoms with Crippen molar-refractivity contribution >= 4 is 33.6 Å². The molecule has 1 N–H and O–H groups in total. The summed E-state index contributed by atoms with van der Waals surface area (Å²) in [7, 11) is 0. The molecule has 4 nitrogen and oxygen atoms in total. The predicted octanol–water partition coefficient (Wildman–Crippen LogP) is 5.82. The van der Waals surface area contributed by atoms with Gasteiger partial charge < -0.3 is 0 Å². The van der Waals surface area contributed by atoms with Crippen molar-refractivity contribution in [1.29, 1.82) is 0 Å². The summed E-state index contributed by atoms with van der Waals surface area (Å²) in [4.78, 5) is 11.4. The number of nitrogens with one attached hydrogen (secondary N) is 1. The highest BCUT2D eigenvalue weighted by molar-refractivity contribution is 7.19. The SMILES string of the molecule is CCC(C)(C)C1CCc2sc3ncnc(N/N=C/c4ccc(F)cc4)c3c2C1. The molecular formula is C22H25FN4S. The van der Waals surface area contributed by atoms with Crippen molar-refractivity contribution in [3.05, 3.63) is 52.4 Å². The molecule has 0 saturated carbocycles. The summed E-state index contributed by atoms with van der Waals surface area (Å²) in [6.07, 6.45) is 7.86. The molecule has 6 heteroatoms. The zero-order chi connectivity index (χ0) is 19.7. The second-order valence-electron chi connectivity index (χ2n) is 8.11. The number of thiophene rings is 1. The Kier molecular flexibility index (Phi) is 5.15. The highest BCUT2D eigenvalue weighted by atomic mass is 32.1. The van der Waals surface area contributed by atoms with Gasteiger partial charge in [-0.25, -0.2) is 14.4 Å². The monoisotopic (exact) mass is 396 g/mol. The van der Waals surface area contributed by atoms with Crippen LogP contribution in [-0.2, 0) is 12.8 Å². The molecule has 1 aliphatic carbocycles. The Balaban J connectivity index is 1.63. The molecule has 1 aromatic carbocycles. The summed E-state index contributed by atoms with van der Waals surface area (Å²) in [6.45, 7) is 7.03. The highest BCUT2D eigenvalue weighted by Crippen LogP contribution is 2.45. The second-order valence-corrected chi connectivity index (χ2v) is 9.19. The molecule has 4 rings (SSSR count). The van der Waals surface area contributed by atoms with Gasteiger partial charge in [-0.05, 0) is 53.9 Å². The Bertz CT molecular complexity index is 1010. The van der Waals surface area contributed by atoms with E-state index in [1.165, 1.54) is 35.4 Å². The van der Waals surface area contributed by atoms with Gasteiger partial charge in [0.1, 0.15) is 17.0 Å². The molecule has 0 amide bonds. The second kappa shape index (κ2) is 7.59. The van der Waals surface area contributed by atoms with Crippen LogP contribution in [0.25, 0.3) is 10.2 Å². The van der Waals surface area contributed by atoms with Crippen molar-refractivity contribution in [3.63, 3.8) is 0 Å². The average Bonchev–Trinajstić information content (AvgIpc) is 3.08. The number of halogens is 1. The molecule has 0 fully saturated rings. The van der Waals surface area contributed by atoms with E-state index >= 15 is 0 Å². The van der Waals surface area contributed by atoms with Gasteiger partial charge in [0.05, 0.1) is 11.6 Å². The van der Waals surface area contributed by atoms with Crippen LogP contribution in [0.4, 0.5) is 10.2 Å². The number of aromatic nitrogens is 2. The molecule has 146 valence electrons. The molecule has 0 radical (unpaired) electrons. The Labute approximate surface area is 168 Å². The lowest BCUT2D eigenvalue weighted by molar-refractivity contribution is 0.184. The number of hydrazone groups is 1. The van der Waals surface area contributed by atoms with Gasteiger partial charge in [0.15, 0.2) is 5.82 Å². The molecule has 2 heterocycles. The Hall–Kier alpha value is -2.34. The van der Waals surface area contributed by atoms with E-state index < -0.39 is 0 Å². The maximum atomic E-state index is 13.0. The average molecular weight is 397 g/mol. The van der Waals surface area contributed by atoms with Crippen LogP contribution in [0.15, 0.2) is 35.7 Å². The first-order valence-corrected chi connectivity index (χ1v) is 10.6. The van der Waals surface area contributed by atoms with Crippen LogP contribution in [-0.4, -0.2) is 16.2 Å². The molecule has 0 spiro atoms. The molecule has 0 aliphatic heterocycles. The van der Waals surface area contributed by atoms with Gasteiger partial charge in [-0.1, -0.05) is 39.3 Å². The lowest BCUT2D eigenvalue weighted by Crippen LogP contribution is -2.28. The Morgan fingerprint density at radius 2 is 2.07 bits per heavy atom. The fourth-order valence-corrected chi connectivity index (χ4v) is 5.05. The van der Waals surface area contributed by atoms with Crippen LogP contribution in [0.5, 0.6) is 0 Å². The number of rotatable bonds is 5. The number of benzene rings is 1. The van der Waals surface area contributed by atoms with Crippen LogP contribution < -0.4 is 5.43 Å². The number of anilines is 1. The van der Waals surface area contributed by atoms with Gasteiger partial charge in [0.2, 0.25) is 0 Å². The lowest BCUT2D eigenvalue weighted by atomic mass is 9.69. The third-order valence-electron chi connectivity index (χ3n) is 6.11. The summed E-state index contributed by atoms with van der Waals surface area (Å²) >= 11 is 1.78. The number of fused-ring (bicyclic) bond motifs is 3. The van der Waals surface area contributed by atoms with Crippen molar-refractivity contribution in [2.45, 2.75) is 46.5 Å². The predicted molar refractivity (Wildman–Crippen MR) is 115 cm³/mol. The van der Waals surface area contributed by atoms with E-state index in [-0.39, 0.29) is 5.82 Å². The number of hydrogen-bond donors (Lipinski definition) is 1.